The van der Waals surface area contributed by atoms with Crippen LogP contribution in [-0.4, -0.2) is 18.7 Å². The lowest BCUT2D eigenvalue weighted by Gasteiger charge is -2.21. The fourth-order valence-electron chi connectivity index (χ4n) is 1.44. The van der Waals surface area contributed by atoms with Crippen molar-refractivity contribution >= 4 is 0 Å². The van der Waals surface area contributed by atoms with Gasteiger partial charge in [-0.3, -0.25) is 0 Å². The van der Waals surface area contributed by atoms with Crippen LogP contribution in [0.1, 0.15) is 26.3 Å². The minimum absolute atomic E-state index is 0.0411. The van der Waals surface area contributed by atoms with Gasteiger partial charge in [-0.05, 0) is 44.5 Å². The van der Waals surface area contributed by atoms with Crippen LogP contribution in [0.25, 0.3) is 0 Å². The molecule has 0 radical (unpaired) electrons. The lowest BCUT2D eigenvalue weighted by atomic mass is 10.1. The first-order valence-electron chi connectivity index (χ1n) is 6.40. The van der Waals surface area contributed by atoms with Gasteiger partial charge in [0.1, 0.15) is 18.2 Å². The number of hydrogen-bond donors (Lipinski definition) is 1. The summed E-state index contributed by atoms with van der Waals surface area (Å²) in [7, 11) is 0. The third-order valence-electron chi connectivity index (χ3n) is 2.55. The summed E-state index contributed by atoms with van der Waals surface area (Å²) in [5.41, 5.74) is -0.747. The molecule has 0 bridgehead atoms. The molecule has 1 aromatic rings. The summed E-state index contributed by atoms with van der Waals surface area (Å²) in [4.78, 5) is 0. The van der Waals surface area contributed by atoms with Crippen LogP contribution in [0.4, 0.5) is 17.6 Å². The van der Waals surface area contributed by atoms with Gasteiger partial charge in [0.25, 0.3) is 0 Å². The van der Waals surface area contributed by atoms with Crippen molar-refractivity contribution in [2.45, 2.75) is 32.5 Å². The second-order valence-corrected chi connectivity index (χ2v) is 5.78. The highest BCUT2D eigenvalue weighted by Crippen LogP contribution is 2.33. The summed E-state index contributed by atoms with van der Waals surface area (Å²) in [5.74, 6) is -1.36. The average molecular weight is 305 g/mol. The van der Waals surface area contributed by atoms with Crippen molar-refractivity contribution < 1.29 is 22.3 Å². The Bertz CT molecular complexity index is 503. The molecule has 0 aromatic heterocycles. The molecule has 6 heteroatoms. The van der Waals surface area contributed by atoms with E-state index in [4.69, 9.17) is 4.74 Å². The van der Waals surface area contributed by atoms with Crippen molar-refractivity contribution in [3.05, 3.63) is 41.7 Å². The molecule has 1 N–H and O–H groups in total. The largest absolute Gasteiger partial charge is 0.489 e. The molecule has 1 rings (SSSR count). The molecular formula is C15H19F4NO. The van der Waals surface area contributed by atoms with Crippen LogP contribution in [-0.2, 0) is 6.18 Å². The third kappa shape index (κ3) is 6.16. The van der Waals surface area contributed by atoms with E-state index in [-0.39, 0.29) is 17.9 Å². The molecule has 21 heavy (non-hydrogen) atoms. The molecule has 0 aliphatic rings. The highest BCUT2D eigenvalue weighted by atomic mass is 19.4. The number of benzene rings is 1. The highest BCUT2D eigenvalue weighted by Gasteiger charge is 2.34. The first kappa shape index (κ1) is 17.5. The molecule has 0 aliphatic carbocycles. The maximum atomic E-state index is 13.1. The zero-order chi connectivity index (χ0) is 16.3. The lowest BCUT2D eigenvalue weighted by molar-refractivity contribution is -0.140. The van der Waals surface area contributed by atoms with Crippen LogP contribution in [0.2, 0.25) is 0 Å². The van der Waals surface area contributed by atoms with Gasteiger partial charge in [-0.25, -0.2) is 4.39 Å². The fourth-order valence-corrected chi connectivity index (χ4v) is 1.44. The van der Waals surface area contributed by atoms with Crippen LogP contribution in [0.3, 0.4) is 0 Å². The SMILES string of the molecule is C=C(CNC(C)(C)C)COc1ccc(F)c(C(F)(F)F)c1. The van der Waals surface area contributed by atoms with Gasteiger partial charge in [0, 0.05) is 12.1 Å². The first-order chi connectivity index (χ1) is 9.49. The van der Waals surface area contributed by atoms with Crippen molar-refractivity contribution in [3.8, 4) is 5.75 Å². The van der Waals surface area contributed by atoms with Gasteiger partial charge in [0.15, 0.2) is 0 Å². The molecular weight excluding hydrogens is 286 g/mol. The number of halogens is 4. The normalized spacial score (nSPS) is 12.3. The second-order valence-electron chi connectivity index (χ2n) is 5.78. The van der Waals surface area contributed by atoms with Crippen LogP contribution in [0.5, 0.6) is 5.75 Å². The maximum absolute atomic E-state index is 13.1. The number of nitrogens with one attached hydrogen (secondary N) is 1. The molecule has 0 heterocycles. The molecule has 118 valence electrons. The smallest absolute Gasteiger partial charge is 0.419 e. The summed E-state index contributed by atoms with van der Waals surface area (Å²) in [6, 6.07) is 2.56. The van der Waals surface area contributed by atoms with E-state index in [1.165, 1.54) is 0 Å². The van der Waals surface area contributed by atoms with Gasteiger partial charge < -0.3 is 10.1 Å². The molecule has 1 aromatic carbocycles. The van der Waals surface area contributed by atoms with Gasteiger partial charge in [-0.1, -0.05) is 6.58 Å². The molecule has 0 saturated carbocycles. The standard InChI is InChI=1S/C15H19F4NO/c1-10(8-20-14(2,3)4)9-21-11-5-6-13(16)12(7-11)15(17,18)19/h5-7,20H,1,8-9H2,2-4H3. The zero-order valence-electron chi connectivity index (χ0n) is 12.3. The Morgan fingerprint density at radius 1 is 1.24 bits per heavy atom. The monoisotopic (exact) mass is 305 g/mol. The summed E-state index contributed by atoms with van der Waals surface area (Å²) in [5, 5.41) is 3.18. The van der Waals surface area contributed by atoms with E-state index in [1.54, 1.807) is 0 Å². The van der Waals surface area contributed by atoms with Gasteiger partial charge in [-0.2, -0.15) is 13.2 Å². The van der Waals surface area contributed by atoms with Crippen molar-refractivity contribution in [1.29, 1.82) is 0 Å². The highest BCUT2D eigenvalue weighted by molar-refractivity contribution is 5.32. The predicted molar refractivity (Wildman–Crippen MR) is 73.8 cm³/mol. The van der Waals surface area contributed by atoms with Crippen molar-refractivity contribution in [1.82, 2.24) is 5.32 Å². The molecule has 0 saturated heterocycles. The van der Waals surface area contributed by atoms with E-state index in [1.807, 2.05) is 20.8 Å². The Morgan fingerprint density at radius 2 is 1.86 bits per heavy atom. The number of rotatable bonds is 5. The van der Waals surface area contributed by atoms with Gasteiger partial charge in [-0.15, -0.1) is 0 Å². The Hall–Kier alpha value is -1.56. The predicted octanol–water partition coefficient (Wildman–Crippen LogP) is 4.17. The average Bonchev–Trinajstić information content (AvgIpc) is 2.33. The maximum Gasteiger partial charge on any atom is 0.419 e. The minimum atomic E-state index is -4.74. The molecule has 0 unspecified atom stereocenters. The Kier molecular flexibility index (Phi) is 5.39. The van der Waals surface area contributed by atoms with Crippen molar-refractivity contribution in [3.63, 3.8) is 0 Å². The summed E-state index contributed by atoms with van der Waals surface area (Å²) in [6.45, 7) is 10.3. The van der Waals surface area contributed by atoms with E-state index >= 15 is 0 Å². The number of alkyl halides is 3. The van der Waals surface area contributed by atoms with Crippen LogP contribution in [0, 0.1) is 5.82 Å². The Labute approximate surface area is 121 Å². The fraction of sp³-hybridized carbons (Fsp3) is 0.467. The van der Waals surface area contributed by atoms with E-state index in [2.05, 4.69) is 11.9 Å². The van der Waals surface area contributed by atoms with E-state index in [9.17, 15) is 17.6 Å². The topological polar surface area (TPSA) is 21.3 Å². The van der Waals surface area contributed by atoms with Crippen LogP contribution < -0.4 is 10.1 Å². The number of ether oxygens (including phenoxy) is 1. The lowest BCUT2D eigenvalue weighted by Crippen LogP contribution is -2.37. The van der Waals surface area contributed by atoms with E-state index < -0.39 is 17.6 Å². The van der Waals surface area contributed by atoms with Gasteiger partial charge in [0.2, 0.25) is 0 Å². The molecule has 0 spiro atoms. The molecule has 0 amide bonds. The van der Waals surface area contributed by atoms with Crippen molar-refractivity contribution in [2.24, 2.45) is 0 Å². The molecule has 0 aliphatic heterocycles. The number of hydrogen-bond acceptors (Lipinski definition) is 2. The van der Waals surface area contributed by atoms with Crippen LogP contribution in [0.15, 0.2) is 30.4 Å². The second kappa shape index (κ2) is 6.47. The van der Waals surface area contributed by atoms with Gasteiger partial charge in [0.05, 0.1) is 5.56 Å². The van der Waals surface area contributed by atoms with E-state index in [0.29, 0.717) is 18.2 Å². The molecule has 0 fully saturated rings. The molecule has 2 nitrogen and oxygen atoms in total. The van der Waals surface area contributed by atoms with Gasteiger partial charge >= 0.3 is 6.18 Å². The van der Waals surface area contributed by atoms with E-state index in [0.717, 1.165) is 12.1 Å². The van der Waals surface area contributed by atoms with Crippen LogP contribution >= 0.6 is 0 Å². The first-order valence-corrected chi connectivity index (χ1v) is 6.40. The quantitative estimate of drug-likeness (QED) is 0.651. The summed E-state index contributed by atoms with van der Waals surface area (Å²) in [6.07, 6.45) is -4.74. The molecule has 0 atom stereocenters. The summed E-state index contributed by atoms with van der Waals surface area (Å²) >= 11 is 0. The minimum Gasteiger partial charge on any atom is -0.489 e. The Morgan fingerprint density at radius 3 is 2.38 bits per heavy atom. The van der Waals surface area contributed by atoms with Crippen molar-refractivity contribution in [2.75, 3.05) is 13.2 Å². The summed E-state index contributed by atoms with van der Waals surface area (Å²) < 4.78 is 56.0. The zero-order valence-corrected chi connectivity index (χ0v) is 12.3. The Balaban J connectivity index is 2.62. The third-order valence-corrected chi connectivity index (χ3v) is 2.55.